The van der Waals surface area contributed by atoms with Crippen LogP contribution in [0.4, 0.5) is 0 Å². The first kappa shape index (κ1) is 28.9. The molecule has 0 atom stereocenters. The molecular weight excluding hydrogens is 302 g/mol. The van der Waals surface area contributed by atoms with Crippen molar-refractivity contribution in [2.75, 3.05) is 13.2 Å². The number of aliphatic hydroxyl groups excluding tert-OH is 2. The second-order valence-corrected chi connectivity index (χ2v) is 9.87. The summed E-state index contributed by atoms with van der Waals surface area (Å²) in [7, 11) is -1.21. The van der Waals surface area contributed by atoms with Gasteiger partial charge in [-0.2, -0.15) is 0 Å². The Morgan fingerprint density at radius 3 is 1.60 bits per heavy atom. The quantitative estimate of drug-likeness (QED) is 0.593. The Morgan fingerprint density at radius 2 is 1.35 bits per heavy atom. The van der Waals surface area contributed by atoms with Crippen LogP contribution in [-0.4, -0.2) is 37.7 Å². The van der Waals surface area contributed by atoms with Gasteiger partial charge in [0.1, 0.15) is 0 Å². The van der Waals surface area contributed by atoms with Crippen LogP contribution >= 0.6 is 0 Å². The summed E-state index contributed by atoms with van der Waals surface area (Å²) in [6, 6.07) is 0.548. The molecule has 0 aromatic heterocycles. The smallest absolute Gasteiger partial charge is 0.662 e. The molecule has 0 aromatic rings. The largest absolute Gasteiger partial charge is 2.00 e. The third kappa shape index (κ3) is 16.9. The molecule has 1 saturated carbocycles. The molecule has 0 radical (unpaired) electrons. The normalized spacial score (nSPS) is 14.2. The molecule has 0 amide bonds. The van der Waals surface area contributed by atoms with Crippen molar-refractivity contribution >= 4 is 8.24 Å². The van der Waals surface area contributed by atoms with Gasteiger partial charge < -0.3 is 22.6 Å². The minimum absolute atomic E-state index is 0. The van der Waals surface area contributed by atoms with Crippen molar-refractivity contribution in [3.8, 4) is 0 Å². The molecule has 1 rings (SSSR count). The van der Waals surface area contributed by atoms with Crippen molar-refractivity contribution in [3.63, 3.8) is 0 Å². The molecule has 0 heterocycles. The van der Waals surface area contributed by atoms with Gasteiger partial charge in [0.2, 0.25) is 0 Å². The van der Waals surface area contributed by atoms with Gasteiger partial charge in [0.15, 0.2) is 0 Å². The molecule has 5 heteroatoms. The van der Waals surface area contributed by atoms with Gasteiger partial charge in [-0.05, 0) is 13.8 Å². The van der Waals surface area contributed by atoms with Crippen molar-refractivity contribution in [2.45, 2.75) is 78.1 Å². The number of hydrogen-bond acceptors (Lipinski definition) is 2. The first-order valence-electron chi connectivity index (χ1n) is 7.29. The van der Waals surface area contributed by atoms with Gasteiger partial charge in [-0.15, -0.1) is 6.04 Å². The predicted octanol–water partition coefficient (Wildman–Crippen LogP) is 4.36. The van der Waals surface area contributed by atoms with Crippen molar-refractivity contribution in [1.82, 2.24) is 0 Å². The molecule has 0 aliphatic heterocycles. The fourth-order valence-electron chi connectivity index (χ4n) is 2.40. The van der Waals surface area contributed by atoms with E-state index in [1.165, 1.54) is 25.7 Å². The topological polar surface area (TPSA) is 54.6 Å². The minimum Gasteiger partial charge on any atom is -0.662 e. The summed E-state index contributed by atoms with van der Waals surface area (Å²) in [4.78, 5) is 4.93. The van der Waals surface area contributed by atoms with E-state index in [2.05, 4.69) is 26.9 Å². The maximum Gasteiger partial charge on any atom is 2.00 e. The van der Waals surface area contributed by atoms with E-state index < -0.39 is 8.24 Å². The number of hydrogen-bond donors (Lipinski definition) is 2. The predicted molar refractivity (Wildman–Crippen MR) is 90.1 cm³/mol. The summed E-state index contributed by atoms with van der Waals surface area (Å²) in [6.07, 6.45) is 5.81. The molecule has 1 aliphatic rings. The Hall–Kier alpha value is 0.811. The molecule has 0 aromatic carbocycles. The molecule has 0 saturated heterocycles. The summed E-state index contributed by atoms with van der Waals surface area (Å²) in [5.74, 6) is 0. The molecule has 2 N–H and O–H groups in total. The first-order valence-corrected chi connectivity index (χ1v) is 10.3. The average molecular weight is 339 g/mol. The van der Waals surface area contributed by atoms with E-state index >= 15 is 0 Å². The Morgan fingerprint density at radius 1 is 1.05 bits per heavy atom. The fraction of sp³-hybridized carbons (Fsp3) is 0.933. The van der Waals surface area contributed by atoms with E-state index in [0.717, 1.165) is 5.54 Å². The number of nitrogens with zero attached hydrogens (tertiary/aromatic N) is 1. The first-order chi connectivity index (χ1) is 8.35. The van der Waals surface area contributed by atoms with Crippen LogP contribution in [0.5, 0.6) is 0 Å². The molecule has 20 heavy (non-hydrogen) atoms. The van der Waals surface area contributed by atoms with Crippen LogP contribution < -0.4 is 0 Å². The van der Waals surface area contributed by atoms with Crippen molar-refractivity contribution < 1.29 is 31.9 Å². The number of aliphatic hydroxyl groups is 2. The third-order valence-electron chi connectivity index (χ3n) is 2.95. The van der Waals surface area contributed by atoms with E-state index in [9.17, 15) is 0 Å². The molecule has 122 valence electrons. The standard InChI is InChI=1S/C10H22NSi.2C2H6O.CH3.Ti/c1-9(2)11-12(3,4)10-7-5-6-8-10;2*1-2-3;;/h9-10H,5-8H2,1-4H3;2*3H,2H2,1H3;1H3;/q-1;;;-1;+2. The molecule has 1 aliphatic carbocycles. The van der Waals surface area contributed by atoms with E-state index in [-0.39, 0.29) is 42.4 Å². The molecule has 0 bridgehead atoms. The Balaban J connectivity index is -0.000000139. The maximum absolute atomic E-state index is 7.57. The summed E-state index contributed by atoms with van der Waals surface area (Å²) in [5.41, 5.74) is 0.986. The van der Waals surface area contributed by atoms with Crippen molar-refractivity contribution in [2.24, 2.45) is 0 Å². The van der Waals surface area contributed by atoms with Gasteiger partial charge in [0, 0.05) is 13.2 Å². The summed E-state index contributed by atoms with van der Waals surface area (Å²) in [6.45, 7) is 13.2. The van der Waals surface area contributed by atoms with Crippen molar-refractivity contribution in [1.29, 1.82) is 0 Å². The van der Waals surface area contributed by atoms with Gasteiger partial charge in [-0.1, -0.05) is 66.4 Å². The van der Waals surface area contributed by atoms with E-state index in [1.54, 1.807) is 13.8 Å². The fourth-order valence-corrected chi connectivity index (χ4v) is 5.77. The molecular formula is C15H37NO2SiTi. The van der Waals surface area contributed by atoms with E-state index in [4.69, 9.17) is 15.2 Å². The van der Waals surface area contributed by atoms with Gasteiger partial charge in [0.25, 0.3) is 0 Å². The Kier molecular flexibility index (Phi) is 25.8. The van der Waals surface area contributed by atoms with Crippen LogP contribution in [0.25, 0.3) is 4.98 Å². The summed E-state index contributed by atoms with van der Waals surface area (Å²) in [5, 5.41) is 15.1. The molecule has 0 spiro atoms. The number of rotatable bonds is 3. The van der Waals surface area contributed by atoms with E-state index in [0.29, 0.717) is 6.04 Å². The summed E-state index contributed by atoms with van der Waals surface area (Å²) < 4.78 is 0. The summed E-state index contributed by atoms with van der Waals surface area (Å²) >= 11 is 0. The monoisotopic (exact) mass is 339 g/mol. The van der Waals surface area contributed by atoms with Gasteiger partial charge in [-0.25, -0.2) is 0 Å². The second-order valence-electron chi connectivity index (χ2n) is 5.49. The van der Waals surface area contributed by atoms with Crippen molar-refractivity contribution in [3.05, 3.63) is 12.4 Å². The van der Waals surface area contributed by atoms with Gasteiger partial charge in [0.05, 0.1) is 0 Å². The minimum atomic E-state index is -1.21. The van der Waals surface area contributed by atoms with Crippen LogP contribution in [0, 0.1) is 7.43 Å². The zero-order valence-corrected chi connectivity index (χ0v) is 17.3. The van der Waals surface area contributed by atoms with E-state index in [1.807, 2.05) is 0 Å². The second kappa shape index (κ2) is 17.9. The third-order valence-corrected chi connectivity index (χ3v) is 6.70. The molecule has 0 unspecified atom stereocenters. The average Bonchev–Trinajstić information content (AvgIpc) is 2.70. The Bertz CT molecular complexity index is 173. The van der Waals surface area contributed by atoms with Crippen LogP contribution in [0.2, 0.25) is 18.6 Å². The maximum atomic E-state index is 7.57. The van der Waals surface area contributed by atoms with Crippen LogP contribution in [0.3, 0.4) is 0 Å². The Labute approximate surface area is 143 Å². The van der Waals surface area contributed by atoms with Gasteiger partial charge in [-0.3, -0.25) is 0 Å². The van der Waals surface area contributed by atoms with Gasteiger partial charge >= 0.3 is 21.7 Å². The molecule has 3 nitrogen and oxygen atoms in total. The zero-order valence-electron chi connectivity index (χ0n) is 14.7. The van der Waals surface area contributed by atoms with Crippen LogP contribution in [0.15, 0.2) is 0 Å². The van der Waals surface area contributed by atoms with Crippen LogP contribution in [-0.2, 0) is 21.7 Å². The SMILES string of the molecule is CC(C)[N-][Si](C)(C)C1CCCC1.CCO.CCO.[CH3-].[Ti+2]. The van der Waals surface area contributed by atoms with Crippen LogP contribution in [0.1, 0.15) is 53.4 Å². The molecule has 1 fully saturated rings. The zero-order chi connectivity index (χ0) is 14.6.